The first-order chi connectivity index (χ1) is 11.0. The lowest BCUT2D eigenvalue weighted by Crippen LogP contribution is -2.32. The summed E-state index contributed by atoms with van der Waals surface area (Å²) in [5.74, 6) is 0.470. The van der Waals surface area contributed by atoms with Crippen molar-refractivity contribution in [2.75, 3.05) is 6.61 Å². The molecule has 0 aromatic heterocycles. The SMILES string of the molecule is CC1(COC2CCC(CC3SC(=O)NC3=O)CC2)CCCCC1. The molecule has 1 aliphatic heterocycles. The molecule has 4 nitrogen and oxygen atoms in total. The smallest absolute Gasteiger partial charge is 0.286 e. The fourth-order valence-electron chi connectivity index (χ4n) is 4.25. The van der Waals surface area contributed by atoms with E-state index < -0.39 is 0 Å². The summed E-state index contributed by atoms with van der Waals surface area (Å²) in [4.78, 5) is 22.9. The summed E-state index contributed by atoms with van der Waals surface area (Å²) in [5.41, 5.74) is 0.397. The Labute approximate surface area is 143 Å². The first-order valence-electron chi connectivity index (χ1n) is 9.17. The highest BCUT2D eigenvalue weighted by atomic mass is 32.2. The van der Waals surface area contributed by atoms with Gasteiger partial charge in [0.2, 0.25) is 5.91 Å². The van der Waals surface area contributed by atoms with E-state index in [9.17, 15) is 9.59 Å². The second kappa shape index (κ2) is 7.56. The van der Waals surface area contributed by atoms with Crippen LogP contribution in [0.3, 0.4) is 0 Å². The molecule has 1 atom stereocenters. The van der Waals surface area contributed by atoms with Crippen LogP contribution in [-0.2, 0) is 9.53 Å². The molecule has 3 aliphatic rings. The largest absolute Gasteiger partial charge is 0.378 e. The average Bonchev–Trinajstić information content (AvgIpc) is 2.85. The Hall–Kier alpha value is -0.550. The van der Waals surface area contributed by atoms with Crippen molar-refractivity contribution in [3.05, 3.63) is 0 Å². The average molecular weight is 340 g/mol. The van der Waals surface area contributed by atoms with E-state index in [2.05, 4.69) is 12.2 Å². The van der Waals surface area contributed by atoms with Gasteiger partial charge in [0.25, 0.3) is 5.24 Å². The zero-order valence-electron chi connectivity index (χ0n) is 14.1. The van der Waals surface area contributed by atoms with Gasteiger partial charge in [-0.25, -0.2) is 0 Å². The molecule has 2 aliphatic carbocycles. The summed E-state index contributed by atoms with van der Waals surface area (Å²) in [5, 5.41) is 2.04. The highest BCUT2D eigenvalue weighted by molar-refractivity contribution is 8.15. The topological polar surface area (TPSA) is 55.4 Å². The minimum Gasteiger partial charge on any atom is -0.378 e. The fourth-order valence-corrected chi connectivity index (χ4v) is 5.21. The van der Waals surface area contributed by atoms with Crippen LogP contribution < -0.4 is 5.32 Å². The molecular weight excluding hydrogens is 310 g/mol. The van der Waals surface area contributed by atoms with Crippen molar-refractivity contribution >= 4 is 22.9 Å². The van der Waals surface area contributed by atoms with E-state index >= 15 is 0 Å². The number of thioether (sulfide) groups is 1. The van der Waals surface area contributed by atoms with Crippen LogP contribution in [0.1, 0.15) is 71.1 Å². The van der Waals surface area contributed by atoms with E-state index in [1.165, 1.54) is 43.9 Å². The van der Waals surface area contributed by atoms with Gasteiger partial charge in [-0.1, -0.05) is 37.9 Å². The first kappa shape index (κ1) is 17.3. The van der Waals surface area contributed by atoms with Gasteiger partial charge in [0.1, 0.15) is 0 Å². The van der Waals surface area contributed by atoms with E-state index in [0.717, 1.165) is 38.7 Å². The third-order valence-corrected chi connectivity index (χ3v) is 6.84. The number of carbonyl (C=O) groups excluding carboxylic acids is 2. The predicted molar refractivity (Wildman–Crippen MR) is 92.4 cm³/mol. The molecule has 3 rings (SSSR count). The molecule has 1 saturated heterocycles. The van der Waals surface area contributed by atoms with Gasteiger partial charge in [0.05, 0.1) is 18.0 Å². The number of hydrogen-bond acceptors (Lipinski definition) is 4. The van der Waals surface area contributed by atoms with Crippen LogP contribution in [0.4, 0.5) is 4.79 Å². The van der Waals surface area contributed by atoms with Crippen molar-refractivity contribution in [2.24, 2.45) is 11.3 Å². The molecule has 23 heavy (non-hydrogen) atoms. The van der Waals surface area contributed by atoms with Crippen LogP contribution in [0.25, 0.3) is 0 Å². The number of rotatable bonds is 5. The predicted octanol–water partition coefficient (Wildman–Crippen LogP) is 4.27. The Bertz CT molecular complexity index is 440. The second-order valence-electron chi connectivity index (χ2n) is 7.94. The molecule has 0 aromatic carbocycles. The van der Waals surface area contributed by atoms with Gasteiger partial charge in [0.15, 0.2) is 0 Å². The Morgan fingerprint density at radius 2 is 1.83 bits per heavy atom. The molecule has 2 amide bonds. The molecule has 1 N–H and O–H groups in total. The number of nitrogens with one attached hydrogen (secondary N) is 1. The minimum atomic E-state index is -0.183. The Kier molecular flexibility index (Phi) is 5.68. The highest BCUT2D eigenvalue weighted by Crippen LogP contribution is 2.38. The van der Waals surface area contributed by atoms with Crippen molar-refractivity contribution in [1.29, 1.82) is 0 Å². The van der Waals surface area contributed by atoms with Crippen LogP contribution in [0.15, 0.2) is 0 Å². The van der Waals surface area contributed by atoms with Crippen molar-refractivity contribution in [3.8, 4) is 0 Å². The minimum absolute atomic E-state index is 0.0939. The lowest BCUT2D eigenvalue weighted by Gasteiger charge is -2.36. The lowest BCUT2D eigenvalue weighted by molar-refractivity contribution is -0.119. The third kappa shape index (κ3) is 4.72. The monoisotopic (exact) mass is 339 g/mol. The Morgan fingerprint density at radius 1 is 1.13 bits per heavy atom. The normalized spacial score (nSPS) is 34.4. The molecule has 130 valence electrons. The maximum Gasteiger partial charge on any atom is 0.286 e. The Balaban J connectivity index is 1.37. The van der Waals surface area contributed by atoms with Gasteiger partial charge in [-0.3, -0.25) is 14.9 Å². The summed E-state index contributed by atoms with van der Waals surface area (Å²) < 4.78 is 6.24. The quantitative estimate of drug-likeness (QED) is 0.812. The van der Waals surface area contributed by atoms with E-state index in [0.29, 0.717) is 17.4 Å². The summed E-state index contributed by atoms with van der Waals surface area (Å²) >= 11 is 1.17. The standard InChI is InChI=1S/C18H29NO3S/c1-18(9-3-2-4-10-18)12-22-14-7-5-13(6-8-14)11-15-16(20)19-17(21)23-15/h13-15H,2-12H2,1H3,(H,19,20,21). The molecule has 2 saturated carbocycles. The van der Waals surface area contributed by atoms with Gasteiger partial charge < -0.3 is 4.74 Å². The number of ether oxygens (including phenoxy) is 1. The highest BCUT2D eigenvalue weighted by Gasteiger charge is 2.35. The maximum atomic E-state index is 11.7. The van der Waals surface area contributed by atoms with Crippen molar-refractivity contribution < 1.29 is 14.3 Å². The van der Waals surface area contributed by atoms with E-state index in [4.69, 9.17) is 4.74 Å². The molecule has 3 fully saturated rings. The van der Waals surface area contributed by atoms with Gasteiger partial charge in [-0.05, 0) is 56.3 Å². The van der Waals surface area contributed by atoms with Crippen LogP contribution in [0.5, 0.6) is 0 Å². The molecule has 0 bridgehead atoms. The molecule has 1 heterocycles. The zero-order chi connectivity index (χ0) is 16.3. The third-order valence-electron chi connectivity index (χ3n) is 5.84. The van der Waals surface area contributed by atoms with Crippen molar-refractivity contribution in [2.45, 2.75) is 82.5 Å². The van der Waals surface area contributed by atoms with Gasteiger partial charge in [0, 0.05) is 0 Å². The van der Waals surface area contributed by atoms with E-state index in [1.807, 2.05) is 0 Å². The number of hydrogen-bond donors (Lipinski definition) is 1. The zero-order valence-corrected chi connectivity index (χ0v) is 15.0. The molecule has 5 heteroatoms. The number of amides is 2. The molecule has 0 aromatic rings. The van der Waals surface area contributed by atoms with Gasteiger partial charge in [-0.15, -0.1) is 0 Å². The lowest BCUT2D eigenvalue weighted by atomic mass is 9.76. The first-order valence-corrected chi connectivity index (χ1v) is 10.1. The van der Waals surface area contributed by atoms with Crippen LogP contribution >= 0.6 is 11.8 Å². The summed E-state index contributed by atoms with van der Waals surface area (Å²) in [6.45, 7) is 3.29. The fraction of sp³-hybridized carbons (Fsp3) is 0.889. The van der Waals surface area contributed by atoms with E-state index in [-0.39, 0.29) is 16.4 Å². The van der Waals surface area contributed by atoms with Crippen molar-refractivity contribution in [1.82, 2.24) is 5.32 Å². The Morgan fingerprint density at radius 3 is 2.43 bits per heavy atom. The second-order valence-corrected chi connectivity index (χ2v) is 9.12. The number of carbonyl (C=O) groups is 2. The molecule has 1 unspecified atom stereocenters. The molecule has 0 radical (unpaired) electrons. The van der Waals surface area contributed by atoms with Crippen LogP contribution in [0, 0.1) is 11.3 Å². The summed E-state index contributed by atoms with van der Waals surface area (Å²) in [6, 6.07) is 0. The van der Waals surface area contributed by atoms with Crippen LogP contribution in [0.2, 0.25) is 0 Å². The number of imide groups is 1. The van der Waals surface area contributed by atoms with Crippen molar-refractivity contribution in [3.63, 3.8) is 0 Å². The van der Waals surface area contributed by atoms with Gasteiger partial charge >= 0.3 is 0 Å². The van der Waals surface area contributed by atoms with E-state index in [1.54, 1.807) is 0 Å². The summed E-state index contributed by atoms with van der Waals surface area (Å²) in [6.07, 6.45) is 12.4. The summed E-state index contributed by atoms with van der Waals surface area (Å²) in [7, 11) is 0. The molecular formula is C18H29NO3S. The molecule has 0 spiro atoms. The van der Waals surface area contributed by atoms with Gasteiger partial charge in [-0.2, -0.15) is 0 Å². The van der Waals surface area contributed by atoms with Crippen LogP contribution in [-0.4, -0.2) is 29.1 Å². The maximum absolute atomic E-state index is 11.7.